The highest BCUT2D eigenvalue weighted by molar-refractivity contribution is 8.93. The summed E-state index contributed by atoms with van der Waals surface area (Å²) in [6.07, 6.45) is 0. The molecule has 0 amide bonds. The lowest BCUT2D eigenvalue weighted by molar-refractivity contribution is 1.38. The lowest BCUT2D eigenvalue weighted by Crippen LogP contribution is -1.89. The number of hydrogen-bond acceptors (Lipinski definition) is 3. The van der Waals surface area contributed by atoms with Crippen LogP contribution >= 0.6 is 39.9 Å². The molecular weight excluding hydrogens is 368 g/mol. The van der Waals surface area contributed by atoms with Gasteiger partial charge in [0.2, 0.25) is 0 Å². The fourth-order valence-corrected chi connectivity index (χ4v) is 2.71. The van der Waals surface area contributed by atoms with Gasteiger partial charge in [-0.05, 0) is 31.2 Å². The van der Waals surface area contributed by atoms with E-state index in [1.807, 2.05) is 29.6 Å². The summed E-state index contributed by atoms with van der Waals surface area (Å²) in [5.74, 6) is 0. The van der Waals surface area contributed by atoms with Gasteiger partial charge in [-0.2, -0.15) is 0 Å². The van der Waals surface area contributed by atoms with Crippen LogP contribution in [0.25, 0.3) is 11.3 Å². The third-order valence-electron chi connectivity index (χ3n) is 2.95. The van der Waals surface area contributed by atoms with E-state index in [9.17, 15) is 0 Å². The predicted octanol–water partition coefficient (Wildman–Crippen LogP) is 6.09. The highest BCUT2D eigenvalue weighted by atomic mass is 79.9. The lowest BCUT2D eigenvalue weighted by atomic mass is 10.2. The Labute approximate surface area is 143 Å². The number of thiazole rings is 1. The van der Waals surface area contributed by atoms with Crippen molar-refractivity contribution < 1.29 is 0 Å². The third kappa shape index (κ3) is 4.06. The summed E-state index contributed by atoms with van der Waals surface area (Å²) >= 11 is 7.49. The Morgan fingerprint density at radius 1 is 1.00 bits per heavy atom. The Balaban J connectivity index is 0.00000161. The van der Waals surface area contributed by atoms with Gasteiger partial charge in [0, 0.05) is 21.7 Å². The summed E-state index contributed by atoms with van der Waals surface area (Å²) in [5, 5.41) is 6.98. The Hall–Kier alpha value is -1.36. The molecule has 5 heteroatoms. The van der Waals surface area contributed by atoms with Gasteiger partial charge in [-0.3, -0.25) is 0 Å². The van der Waals surface area contributed by atoms with Gasteiger partial charge < -0.3 is 5.32 Å². The van der Waals surface area contributed by atoms with Crippen LogP contribution in [0.1, 0.15) is 5.56 Å². The fourth-order valence-electron chi connectivity index (χ4n) is 1.84. The highest BCUT2D eigenvalue weighted by Gasteiger charge is 2.04. The number of hydrogen-bond donors (Lipinski definition) is 1. The topological polar surface area (TPSA) is 24.9 Å². The first-order valence-electron chi connectivity index (χ1n) is 6.26. The van der Waals surface area contributed by atoms with Gasteiger partial charge in [0.05, 0.1) is 5.69 Å². The van der Waals surface area contributed by atoms with Crippen molar-refractivity contribution in [2.24, 2.45) is 0 Å². The number of halogens is 2. The van der Waals surface area contributed by atoms with Crippen molar-refractivity contribution in [3.8, 4) is 11.3 Å². The number of rotatable bonds is 3. The van der Waals surface area contributed by atoms with Gasteiger partial charge in [0.15, 0.2) is 5.13 Å². The van der Waals surface area contributed by atoms with Crippen LogP contribution in [-0.4, -0.2) is 4.98 Å². The van der Waals surface area contributed by atoms with Crippen molar-refractivity contribution in [2.75, 3.05) is 5.32 Å². The number of aromatic nitrogens is 1. The molecule has 0 unspecified atom stereocenters. The average molecular weight is 382 g/mol. The molecule has 0 aliphatic heterocycles. The first kappa shape index (κ1) is 16.0. The molecule has 1 heterocycles. The molecule has 0 atom stereocenters. The SMILES string of the molecule is Br.Cc1ccc(Nc2nc(-c3ccc(Cl)cc3)cs2)cc1. The van der Waals surface area contributed by atoms with Crippen LogP contribution in [0.5, 0.6) is 0 Å². The molecule has 0 fully saturated rings. The van der Waals surface area contributed by atoms with E-state index in [4.69, 9.17) is 11.6 Å². The summed E-state index contributed by atoms with van der Waals surface area (Å²) in [6, 6.07) is 16.0. The first-order valence-corrected chi connectivity index (χ1v) is 7.52. The molecule has 0 spiro atoms. The smallest absolute Gasteiger partial charge is 0.187 e. The van der Waals surface area contributed by atoms with E-state index in [1.165, 1.54) is 5.56 Å². The lowest BCUT2D eigenvalue weighted by Gasteiger charge is -2.02. The Kier molecular flexibility index (Phi) is 5.39. The zero-order valence-corrected chi connectivity index (χ0v) is 14.6. The molecular formula is C16H14BrClN2S. The van der Waals surface area contributed by atoms with Gasteiger partial charge in [-0.1, -0.05) is 41.4 Å². The first-order chi connectivity index (χ1) is 9.70. The van der Waals surface area contributed by atoms with Gasteiger partial charge in [-0.15, -0.1) is 28.3 Å². The van der Waals surface area contributed by atoms with Crippen LogP contribution in [0.15, 0.2) is 53.9 Å². The summed E-state index contributed by atoms with van der Waals surface area (Å²) in [6.45, 7) is 2.08. The molecule has 3 rings (SSSR count). The zero-order chi connectivity index (χ0) is 13.9. The van der Waals surface area contributed by atoms with Crippen molar-refractivity contribution in [1.82, 2.24) is 4.98 Å². The molecule has 0 aliphatic rings. The number of nitrogens with zero attached hydrogens (tertiary/aromatic N) is 1. The van der Waals surface area contributed by atoms with E-state index in [1.54, 1.807) is 11.3 Å². The molecule has 0 saturated carbocycles. The van der Waals surface area contributed by atoms with E-state index in [-0.39, 0.29) is 17.0 Å². The monoisotopic (exact) mass is 380 g/mol. The van der Waals surface area contributed by atoms with Crippen LogP contribution in [0.2, 0.25) is 5.02 Å². The van der Waals surface area contributed by atoms with E-state index >= 15 is 0 Å². The Morgan fingerprint density at radius 2 is 1.67 bits per heavy atom. The molecule has 3 aromatic rings. The van der Waals surface area contributed by atoms with E-state index in [2.05, 4.69) is 41.5 Å². The largest absolute Gasteiger partial charge is 0.332 e. The van der Waals surface area contributed by atoms with Gasteiger partial charge in [0.1, 0.15) is 0 Å². The van der Waals surface area contributed by atoms with Crippen molar-refractivity contribution in [1.29, 1.82) is 0 Å². The molecule has 0 radical (unpaired) electrons. The van der Waals surface area contributed by atoms with Crippen molar-refractivity contribution in [2.45, 2.75) is 6.92 Å². The number of benzene rings is 2. The second-order valence-electron chi connectivity index (χ2n) is 4.54. The van der Waals surface area contributed by atoms with Crippen LogP contribution in [0.4, 0.5) is 10.8 Å². The number of anilines is 2. The van der Waals surface area contributed by atoms with Crippen LogP contribution in [-0.2, 0) is 0 Å². The molecule has 108 valence electrons. The molecule has 0 saturated heterocycles. The van der Waals surface area contributed by atoms with Crippen molar-refractivity contribution >= 4 is 50.7 Å². The summed E-state index contributed by atoms with van der Waals surface area (Å²) in [4.78, 5) is 4.59. The molecule has 1 N–H and O–H groups in total. The predicted molar refractivity (Wildman–Crippen MR) is 97.3 cm³/mol. The van der Waals surface area contributed by atoms with Gasteiger partial charge in [0.25, 0.3) is 0 Å². The Morgan fingerprint density at radius 3 is 2.33 bits per heavy atom. The normalized spacial score (nSPS) is 10.0. The molecule has 0 aliphatic carbocycles. The van der Waals surface area contributed by atoms with Gasteiger partial charge in [-0.25, -0.2) is 4.98 Å². The molecule has 2 nitrogen and oxygen atoms in total. The maximum absolute atomic E-state index is 5.89. The third-order valence-corrected chi connectivity index (χ3v) is 3.96. The minimum atomic E-state index is 0. The van der Waals surface area contributed by atoms with Crippen LogP contribution in [0, 0.1) is 6.92 Å². The van der Waals surface area contributed by atoms with Crippen molar-refractivity contribution in [3.63, 3.8) is 0 Å². The molecule has 1 aromatic heterocycles. The highest BCUT2D eigenvalue weighted by Crippen LogP contribution is 2.27. The van der Waals surface area contributed by atoms with E-state index in [0.717, 1.165) is 27.1 Å². The van der Waals surface area contributed by atoms with E-state index in [0.29, 0.717) is 0 Å². The second kappa shape index (κ2) is 7.07. The maximum atomic E-state index is 5.89. The van der Waals surface area contributed by atoms with Crippen LogP contribution in [0.3, 0.4) is 0 Å². The van der Waals surface area contributed by atoms with Crippen LogP contribution < -0.4 is 5.32 Å². The quantitative estimate of drug-likeness (QED) is 0.593. The number of aryl methyl sites for hydroxylation is 1. The standard InChI is InChI=1S/C16H13ClN2S.BrH/c1-11-2-8-14(9-3-11)18-16-19-15(10-20-16)12-4-6-13(17)7-5-12;/h2-10H,1H3,(H,18,19);1H. The summed E-state index contributed by atoms with van der Waals surface area (Å²) in [7, 11) is 0. The zero-order valence-electron chi connectivity index (χ0n) is 11.3. The molecule has 21 heavy (non-hydrogen) atoms. The molecule has 0 bridgehead atoms. The van der Waals surface area contributed by atoms with Gasteiger partial charge >= 0.3 is 0 Å². The minimum absolute atomic E-state index is 0. The average Bonchev–Trinajstić information content (AvgIpc) is 2.91. The maximum Gasteiger partial charge on any atom is 0.187 e. The Bertz CT molecular complexity index is 708. The minimum Gasteiger partial charge on any atom is -0.332 e. The summed E-state index contributed by atoms with van der Waals surface area (Å²) < 4.78 is 0. The second-order valence-corrected chi connectivity index (χ2v) is 5.83. The van der Waals surface area contributed by atoms with Crippen molar-refractivity contribution in [3.05, 3.63) is 64.5 Å². The molecule has 2 aromatic carbocycles. The van der Waals surface area contributed by atoms with E-state index < -0.39 is 0 Å². The number of nitrogens with one attached hydrogen (secondary N) is 1. The summed E-state index contributed by atoms with van der Waals surface area (Å²) in [5.41, 5.74) is 4.33. The fraction of sp³-hybridized carbons (Fsp3) is 0.0625.